The molecule has 0 radical (unpaired) electrons. The maximum absolute atomic E-state index is 14.6. The van der Waals surface area contributed by atoms with E-state index in [2.05, 4.69) is 10.6 Å². The molecular weight excluding hydrogens is 451 g/mol. The van der Waals surface area contributed by atoms with Gasteiger partial charge in [-0.2, -0.15) is 0 Å². The molecule has 1 aliphatic rings. The average molecular weight is 477 g/mol. The summed E-state index contributed by atoms with van der Waals surface area (Å²) < 4.78 is 20.0. The number of carbonyl (C=O) groups excluding carboxylic acids is 2. The van der Waals surface area contributed by atoms with Crippen LogP contribution in [0.3, 0.4) is 0 Å². The Balaban J connectivity index is 1.45. The number of hydrogen-bond acceptors (Lipinski definition) is 4. The van der Waals surface area contributed by atoms with E-state index in [9.17, 15) is 18.8 Å². The lowest BCUT2D eigenvalue weighted by Gasteiger charge is -2.17. The standard InChI is InChI=1S/C27H25FN2O5/c1-16(13-14-24(31)32)29-26(33)21-11-6-12-23(28)25(21)30-27(34)35-15-22-19-9-4-2-7-17(19)18-8-3-5-10-20(18)22/h2-12,16,22H,13-15H2,1H3,(H,29,33)(H,30,34)(H,31,32). The number of halogens is 1. The predicted octanol–water partition coefficient (Wildman–Crippen LogP) is 5.17. The van der Waals surface area contributed by atoms with E-state index < -0.39 is 29.8 Å². The highest BCUT2D eigenvalue weighted by Crippen LogP contribution is 2.44. The summed E-state index contributed by atoms with van der Waals surface area (Å²) >= 11 is 0. The first kappa shape index (κ1) is 23.9. The van der Waals surface area contributed by atoms with E-state index in [0.717, 1.165) is 28.3 Å². The van der Waals surface area contributed by atoms with Crippen LogP contribution in [0.4, 0.5) is 14.9 Å². The Morgan fingerprint density at radius 3 is 2.23 bits per heavy atom. The van der Waals surface area contributed by atoms with Gasteiger partial charge in [-0.05, 0) is 47.7 Å². The van der Waals surface area contributed by atoms with Crippen molar-refractivity contribution < 1.29 is 28.6 Å². The second-order valence-corrected chi connectivity index (χ2v) is 8.42. The maximum Gasteiger partial charge on any atom is 0.411 e. The number of carboxylic acid groups (broad SMARTS) is 1. The number of fused-ring (bicyclic) bond motifs is 3. The molecule has 0 aliphatic heterocycles. The Morgan fingerprint density at radius 1 is 0.971 bits per heavy atom. The van der Waals surface area contributed by atoms with Crippen LogP contribution in [-0.4, -0.2) is 35.7 Å². The van der Waals surface area contributed by atoms with Gasteiger partial charge in [0.05, 0.1) is 11.3 Å². The number of carboxylic acids is 1. The van der Waals surface area contributed by atoms with Crippen molar-refractivity contribution in [2.24, 2.45) is 0 Å². The number of amides is 2. The molecular formula is C27H25FN2O5. The Morgan fingerprint density at radius 2 is 1.60 bits per heavy atom. The molecule has 0 bridgehead atoms. The van der Waals surface area contributed by atoms with E-state index in [0.29, 0.717) is 0 Å². The zero-order valence-electron chi connectivity index (χ0n) is 19.1. The van der Waals surface area contributed by atoms with Crippen LogP contribution >= 0.6 is 0 Å². The normalized spacial score (nSPS) is 12.9. The Bertz CT molecular complexity index is 1230. The molecule has 3 aromatic carbocycles. The fourth-order valence-corrected chi connectivity index (χ4v) is 4.29. The molecule has 0 saturated heterocycles. The fourth-order valence-electron chi connectivity index (χ4n) is 4.29. The number of nitrogens with one attached hydrogen (secondary N) is 2. The smallest absolute Gasteiger partial charge is 0.411 e. The first-order chi connectivity index (χ1) is 16.8. The summed E-state index contributed by atoms with van der Waals surface area (Å²) in [6, 6.07) is 19.2. The van der Waals surface area contributed by atoms with Crippen LogP contribution in [-0.2, 0) is 9.53 Å². The zero-order chi connectivity index (χ0) is 24.9. The molecule has 35 heavy (non-hydrogen) atoms. The first-order valence-electron chi connectivity index (χ1n) is 11.3. The van der Waals surface area contributed by atoms with E-state index in [1.54, 1.807) is 6.92 Å². The number of aliphatic carboxylic acids is 1. The number of rotatable bonds is 8. The summed E-state index contributed by atoms with van der Waals surface area (Å²) in [5.41, 5.74) is 3.88. The molecule has 1 aliphatic carbocycles. The lowest BCUT2D eigenvalue weighted by atomic mass is 9.98. The van der Waals surface area contributed by atoms with Gasteiger partial charge in [0, 0.05) is 18.4 Å². The monoisotopic (exact) mass is 476 g/mol. The molecule has 3 aromatic rings. The third-order valence-electron chi connectivity index (χ3n) is 6.00. The summed E-state index contributed by atoms with van der Waals surface area (Å²) in [5, 5.41) is 13.8. The van der Waals surface area contributed by atoms with Crippen molar-refractivity contribution in [2.45, 2.75) is 31.7 Å². The number of hydrogen-bond donors (Lipinski definition) is 3. The second-order valence-electron chi connectivity index (χ2n) is 8.42. The highest BCUT2D eigenvalue weighted by Gasteiger charge is 2.29. The van der Waals surface area contributed by atoms with Crippen molar-refractivity contribution in [3.8, 4) is 11.1 Å². The van der Waals surface area contributed by atoms with Crippen molar-refractivity contribution in [3.05, 3.63) is 89.2 Å². The van der Waals surface area contributed by atoms with Crippen LogP contribution in [0.5, 0.6) is 0 Å². The number of para-hydroxylation sites is 1. The minimum atomic E-state index is -0.977. The molecule has 7 nitrogen and oxygen atoms in total. The third-order valence-corrected chi connectivity index (χ3v) is 6.00. The van der Waals surface area contributed by atoms with Gasteiger partial charge in [-0.1, -0.05) is 54.6 Å². The van der Waals surface area contributed by atoms with Gasteiger partial charge in [-0.15, -0.1) is 0 Å². The van der Waals surface area contributed by atoms with E-state index >= 15 is 0 Å². The summed E-state index contributed by atoms with van der Waals surface area (Å²) in [5.74, 6) is -2.55. The summed E-state index contributed by atoms with van der Waals surface area (Å²) in [7, 11) is 0. The first-order valence-corrected chi connectivity index (χ1v) is 11.3. The van der Waals surface area contributed by atoms with Crippen LogP contribution in [0.25, 0.3) is 11.1 Å². The average Bonchev–Trinajstić information content (AvgIpc) is 3.16. The maximum atomic E-state index is 14.6. The van der Waals surface area contributed by atoms with Gasteiger partial charge >= 0.3 is 12.1 Å². The highest BCUT2D eigenvalue weighted by molar-refractivity contribution is 6.03. The Labute approximate surface area is 201 Å². The van der Waals surface area contributed by atoms with Gasteiger partial charge in [0.2, 0.25) is 0 Å². The van der Waals surface area contributed by atoms with E-state index in [1.165, 1.54) is 12.1 Å². The van der Waals surface area contributed by atoms with Gasteiger partial charge in [0.25, 0.3) is 5.91 Å². The second kappa shape index (κ2) is 10.4. The molecule has 1 unspecified atom stereocenters. The van der Waals surface area contributed by atoms with Gasteiger partial charge < -0.3 is 15.2 Å². The van der Waals surface area contributed by atoms with Crippen molar-refractivity contribution in [2.75, 3.05) is 11.9 Å². The van der Waals surface area contributed by atoms with Gasteiger partial charge in [-0.25, -0.2) is 9.18 Å². The topological polar surface area (TPSA) is 105 Å². The minimum Gasteiger partial charge on any atom is -0.481 e. The quantitative estimate of drug-likeness (QED) is 0.416. The summed E-state index contributed by atoms with van der Waals surface area (Å²) in [4.78, 5) is 36.1. The lowest BCUT2D eigenvalue weighted by molar-refractivity contribution is -0.137. The van der Waals surface area contributed by atoms with Gasteiger partial charge in [-0.3, -0.25) is 14.9 Å². The number of ether oxygens (including phenoxy) is 1. The number of carbonyl (C=O) groups is 3. The van der Waals surface area contributed by atoms with Crippen molar-refractivity contribution >= 4 is 23.7 Å². The van der Waals surface area contributed by atoms with Gasteiger partial charge in [0.1, 0.15) is 12.4 Å². The number of benzene rings is 3. The molecule has 180 valence electrons. The van der Waals surface area contributed by atoms with Crippen LogP contribution in [0.15, 0.2) is 66.7 Å². The van der Waals surface area contributed by atoms with Crippen molar-refractivity contribution in [1.82, 2.24) is 5.32 Å². The zero-order valence-corrected chi connectivity index (χ0v) is 19.1. The fraction of sp³-hybridized carbons (Fsp3) is 0.222. The molecule has 0 heterocycles. The van der Waals surface area contributed by atoms with Crippen LogP contribution in [0.1, 0.15) is 47.2 Å². The van der Waals surface area contributed by atoms with Crippen LogP contribution in [0.2, 0.25) is 0 Å². The SMILES string of the molecule is CC(CCC(=O)O)NC(=O)c1cccc(F)c1NC(=O)OCC1c2ccccc2-c2ccccc21. The van der Waals surface area contributed by atoms with E-state index in [-0.39, 0.29) is 36.6 Å². The largest absolute Gasteiger partial charge is 0.481 e. The summed E-state index contributed by atoms with van der Waals surface area (Å²) in [6.07, 6.45) is -0.786. The van der Waals surface area contributed by atoms with Crippen LogP contribution < -0.4 is 10.6 Å². The van der Waals surface area contributed by atoms with Gasteiger partial charge in [0.15, 0.2) is 0 Å². The van der Waals surface area contributed by atoms with E-state index in [1.807, 2.05) is 48.5 Å². The molecule has 4 rings (SSSR count). The minimum absolute atomic E-state index is 0.0437. The lowest BCUT2D eigenvalue weighted by Crippen LogP contribution is -2.34. The highest BCUT2D eigenvalue weighted by atomic mass is 19.1. The molecule has 2 amide bonds. The molecule has 8 heteroatoms. The molecule has 0 aromatic heterocycles. The van der Waals surface area contributed by atoms with E-state index in [4.69, 9.17) is 9.84 Å². The predicted molar refractivity (Wildman–Crippen MR) is 129 cm³/mol. The third kappa shape index (κ3) is 5.32. The van der Waals surface area contributed by atoms with Crippen molar-refractivity contribution in [1.29, 1.82) is 0 Å². The molecule has 0 saturated carbocycles. The molecule has 3 N–H and O–H groups in total. The molecule has 1 atom stereocenters. The molecule has 0 fully saturated rings. The van der Waals surface area contributed by atoms with Crippen LogP contribution in [0, 0.1) is 5.82 Å². The Kier molecular flexibility index (Phi) is 7.10. The number of anilines is 1. The molecule has 0 spiro atoms. The van der Waals surface area contributed by atoms with Crippen molar-refractivity contribution in [3.63, 3.8) is 0 Å². The Hall–Kier alpha value is -4.20. The summed E-state index contributed by atoms with van der Waals surface area (Å²) in [6.45, 7) is 1.70.